The lowest BCUT2D eigenvalue weighted by atomic mass is 9.44. The molecule has 0 saturated heterocycles. The molecular weight excluding hydrogens is 300 g/mol. The first-order valence-electron chi connectivity index (χ1n) is 10.2. The average Bonchev–Trinajstić information content (AvgIpc) is 2.87. The van der Waals surface area contributed by atoms with Crippen LogP contribution < -0.4 is 0 Å². The highest BCUT2D eigenvalue weighted by Gasteiger charge is 2.62. The fourth-order valence-corrected chi connectivity index (χ4v) is 7.85. The Kier molecular flexibility index (Phi) is 3.93. The molecule has 0 aromatic heterocycles. The van der Waals surface area contributed by atoms with E-state index in [0.29, 0.717) is 35.9 Å². The zero-order valence-corrected chi connectivity index (χ0v) is 15.5. The normalized spacial score (nSPS) is 55.5. The van der Waals surface area contributed by atoms with Crippen LogP contribution in [0.25, 0.3) is 0 Å². The van der Waals surface area contributed by atoms with E-state index in [1.807, 2.05) is 6.92 Å². The van der Waals surface area contributed by atoms with E-state index in [1.165, 1.54) is 19.3 Å². The number of carbonyl (C=O) groups excluding carboxylic acids is 1. The molecule has 0 aliphatic heterocycles. The third-order valence-corrected chi connectivity index (χ3v) is 9.09. The summed E-state index contributed by atoms with van der Waals surface area (Å²) in [5.74, 6) is 2.65. The van der Waals surface area contributed by atoms with Gasteiger partial charge in [0.25, 0.3) is 0 Å². The molecule has 3 heteroatoms. The van der Waals surface area contributed by atoms with Gasteiger partial charge in [0, 0.05) is 12.3 Å². The molecule has 2 N–H and O–H groups in total. The Bertz CT molecular complexity index is 529. The summed E-state index contributed by atoms with van der Waals surface area (Å²) in [6.45, 7) is 6.69. The molecule has 0 spiro atoms. The number of rotatable bonds is 1. The quantitative estimate of drug-likeness (QED) is 0.771. The van der Waals surface area contributed by atoms with Crippen LogP contribution in [-0.4, -0.2) is 28.2 Å². The zero-order valence-electron chi connectivity index (χ0n) is 15.5. The van der Waals surface area contributed by atoms with E-state index < -0.39 is 0 Å². The van der Waals surface area contributed by atoms with Gasteiger partial charge in [0.05, 0.1) is 12.2 Å². The molecule has 4 fully saturated rings. The first kappa shape index (κ1) is 17.0. The van der Waals surface area contributed by atoms with Crippen LogP contribution in [0.5, 0.6) is 0 Å². The molecule has 0 unspecified atom stereocenters. The number of ketones is 1. The van der Waals surface area contributed by atoms with E-state index in [1.54, 1.807) is 0 Å². The Labute approximate surface area is 146 Å². The van der Waals surface area contributed by atoms with Crippen molar-refractivity contribution in [1.29, 1.82) is 0 Å². The summed E-state index contributed by atoms with van der Waals surface area (Å²) in [6, 6.07) is 0. The van der Waals surface area contributed by atoms with E-state index in [-0.39, 0.29) is 29.0 Å². The second-order valence-corrected chi connectivity index (χ2v) is 10.0. The zero-order chi connectivity index (χ0) is 17.3. The number of carbonyl (C=O) groups is 1. The van der Waals surface area contributed by atoms with Gasteiger partial charge in [0.1, 0.15) is 5.78 Å². The molecule has 0 aromatic carbocycles. The van der Waals surface area contributed by atoms with Crippen LogP contribution in [0.2, 0.25) is 0 Å². The molecule has 136 valence electrons. The van der Waals surface area contributed by atoms with Crippen molar-refractivity contribution in [3.8, 4) is 0 Å². The van der Waals surface area contributed by atoms with Gasteiger partial charge in [-0.2, -0.15) is 0 Å². The molecule has 0 heterocycles. The molecule has 3 nitrogen and oxygen atoms in total. The third-order valence-electron chi connectivity index (χ3n) is 9.09. The minimum absolute atomic E-state index is 0.0841. The summed E-state index contributed by atoms with van der Waals surface area (Å²) >= 11 is 0. The molecule has 4 rings (SSSR count). The summed E-state index contributed by atoms with van der Waals surface area (Å²) in [5, 5.41) is 20.4. The molecule has 9 atom stereocenters. The largest absolute Gasteiger partial charge is 0.393 e. The van der Waals surface area contributed by atoms with E-state index in [4.69, 9.17) is 0 Å². The third kappa shape index (κ3) is 2.19. The SMILES string of the molecule is C[C@H](O)[C@H]1CC[C@@H]2[C@@H]3CC(=O)[C@@H]4C[C@@H](O)CC[C@@]4(C)[C@@H]3CC[C@@]21C. The maximum absolute atomic E-state index is 13.0. The number of hydrogen-bond donors (Lipinski definition) is 2. The van der Waals surface area contributed by atoms with Crippen LogP contribution >= 0.6 is 0 Å². The maximum atomic E-state index is 13.0. The second-order valence-electron chi connectivity index (χ2n) is 10.0. The summed E-state index contributed by atoms with van der Waals surface area (Å²) in [6.07, 6.45) is 7.49. The van der Waals surface area contributed by atoms with Crippen LogP contribution in [0, 0.1) is 40.4 Å². The van der Waals surface area contributed by atoms with Gasteiger partial charge in [-0.05, 0) is 86.4 Å². The molecule has 0 amide bonds. The average molecular weight is 335 g/mol. The van der Waals surface area contributed by atoms with Gasteiger partial charge in [-0.25, -0.2) is 0 Å². The van der Waals surface area contributed by atoms with Crippen molar-refractivity contribution in [1.82, 2.24) is 0 Å². The molecule has 0 aromatic rings. The minimum atomic E-state index is -0.275. The minimum Gasteiger partial charge on any atom is -0.393 e. The van der Waals surface area contributed by atoms with E-state index >= 15 is 0 Å². The lowest BCUT2D eigenvalue weighted by Crippen LogP contribution is -2.57. The van der Waals surface area contributed by atoms with Crippen molar-refractivity contribution >= 4 is 5.78 Å². The summed E-state index contributed by atoms with van der Waals surface area (Å²) < 4.78 is 0. The van der Waals surface area contributed by atoms with Crippen LogP contribution in [0.1, 0.15) is 72.1 Å². The Morgan fingerprint density at radius 2 is 1.71 bits per heavy atom. The van der Waals surface area contributed by atoms with Crippen molar-refractivity contribution in [3.05, 3.63) is 0 Å². The number of aliphatic hydroxyl groups excluding tert-OH is 2. The molecule has 4 aliphatic carbocycles. The van der Waals surface area contributed by atoms with Gasteiger partial charge < -0.3 is 10.2 Å². The van der Waals surface area contributed by atoms with Gasteiger partial charge in [-0.1, -0.05) is 13.8 Å². The molecule has 0 bridgehead atoms. The number of hydrogen-bond acceptors (Lipinski definition) is 3. The van der Waals surface area contributed by atoms with Crippen molar-refractivity contribution in [3.63, 3.8) is 0 Å². The lowest BCUT2D eigenvalue weighted by Gasteiger charge is -2.60. The molecule has 0 radical (unpaired) electrons. The predicted molar refractivity (Wildman–Crippen MR) is 93.3 cm³/mol. The predicted octanol–water partition coefficient (Wildman–Crippen LogP) is 3.57. The smallest absolute Gasteiger partial charge is 0.136 e. The Balaban J connectivity index is 1.66. The molecule has 4 aliphatic rings. The first-order valence-corrected chi connectivity index (χ1v) is 10.2. The Morgan fingerprint density at radius 3 is 2.42 bits per heavy atom. The fraction of sp³-hybridized carbons (Fsp3) is 0.952. The summed E-state index contributed by atoms with van der Waals surface area (Å²) in [4.78, 5) is 13.0. The summed E-state index contributed by atoms with van der Waals surface area (Å²) in [7, 11) is 0. The highest BCUT2D eigenvalue weighted by molar-refractivity contribution is 5.83. The Hall–Kier alpha value is -0.410. The highest BCUT2D eigenvalue weighted by atomic mass is 16.3. The topological polar surface area (TPSA) is 57.5 Å². The molecular formula is C21H34O3. The lowest BCUT2D eigenvalue weighted by molar-refractivity contribution is -0.160. The van der Waals surface area contributed by atoms with Gasteiger partial charge in [0.2, 0.25) is 0 Å². The van der Waals surface area contributed by atoms with E-state index in [2.05, 4.69) is 13.8 Å². The standard InChI is InChI=1S/C21H34O3/c1-12(22)15-4-5-16-14-11-19(24)18-10-13(23)6-8-21(18,3)17(14)7-9-20(15,16)2/h12-18,22-23H,4-11H2,1-3H3/t12-,13-,14-,15+,16+,17+,18-,20+,21-/m0/s1. The van der Waals surface area contributed by atoms with Crippen molar-refractivity contribution in [2.24, 2.45) is 40.4 Å². The van der Waals surface area contributed by atoms with E-state index in [9.17, 15) is 15.0 Å². The number of Topliss-reactive ketones (excluding diaryl/α,β-unsaturated/α-hetero) is 1. The molecule has 4 saturated carbocycles. The van der Waals surface area contributed by atoms with Crippen molar-refractivity contribution in [2.45, 2.75) is 84.3 Å². The van der Waals surface area contributed by atoms with Crippen LogP contribution in [0.3, 0.4) is 0 Å². The number of aliphatic hydroxyl groups is 2. The monoisotopic (exact) mass is 334 g/mol. The van der Waals surface area contributed by atoms with Gasteiger partial charge in [-0.3, -0.25) is 4.79 Å². The van der Waals surface area contributed by atoms with E-state index in [0.717, 1.165) is 25.7 Å². The molecule has 24 heavy (non-hydrogen) atoms. The highest BCUT2D eigenvalue weighted by Crippen LogP contribution is 2.67. The Morgan fingerprint density at radius 1 is 1.04 bits per heavy atom. The summed E-state index contributed by atoms with van der Waals surface area (Å²) in [5.41, 5.74) is 0.316. The second kappa shape index (κ2) is 5.54. The van der Waals surface area contributed by atoms with Gasteiger partial charge >= 0.3 is 0 Å². The number of fused-ring (bicyclic) bond motifs is 5. The van der Waals surface area contributed by atoms with Crippen molar-refractivity contribution < 1.29 is 15.0 Å². The first-order chi connectivity index (χ1) is 11.3. The van der Waals surface area contributed by atoms with Crippen LogP contribution in [0.4, 0.5) is 0 Å². The maximum Gasteiger partial charge on any atom is 0.136 e. The van der Waals surface area contributed by atoms with Gasteiger partial charge in [-0.15, -0.1) is 0 Å². The van der Waals surface area contributed by atoms with Crippen molar-refractivity contribution in [2.75, 3.05) is 0 Å². The van der Waals surface area contributed by atoms with Crippen LogP contribution in [0.15, 0.2) is 0 Å². The van der Waals surface area contributed by atoms with Gasteiger partial charge in [0.15, 0.2) is 0 Å². The van der Waals surface area contributed by atoms with Crippen LogP contribution in [-0.2, 0) is 4.79 Å². The fourth-order valence-electron chi connectivity index (χ4n) is 7.85.